The summed E-state index contributed by atoms with van der Waals surface area (Å²) in [5.74, 6) is 2.61. The van der Waals surface area contributed by atoms with E-state index in [0.29, 0.717) is 29.1 Å². The summed E-state index contributed by atoms with van der Waals surface area (Å²) in [5, 5.41) is 9.87. The Labute approximate surface area is 175 Å². The zero-order valence-corrected chi connectivity index (χ0v) is 17.2. The van der Waals surface area contributed by atoms with E-state index in [1.54, 1.807) is 24.3 Å². The fraction of sp³-hybridized carbons (Fsp3) is 0.348. The van der Waals surface area contributed by atoms with Gasteiger partial charge in [-0.05, 0) is 48.6 Å². The number of carbonyl (C=O) groups is 1. The second-order valence-corrected chi connectivity index (χ2v) is 7.87. The third-order valence-electron chi connectivity index (χ3n) is 5.00. The second-order valence-electron chi connectivity index (χ2n) is 7.87. The minimum absolute atomic E-state index is 0.0655. The first-order valence-electron chi connectivity index (χ1n) is 10.3. The molecule has 2 N–H and O–H groups in total. The third-order valence-corrected chi connectivity index (χ3v) is 5.00. The van der Waals surface area contributed by atoms with Crippen molar-refractivity contribution < 1.29 is 14.1 Å². The number of hydrogen-bond donors (Lipinski definition) is 2. The minimum atomic E-state index is -0.245. The summed E-state index contributed by atoms with van der Waals surface area (Å²) in [5.41, 5.74) is 1.77. The van der Waals surface area contributed by atoms with Gasteiger partial charge in [0.15, 0.2) is 6.61 Å². The van der Waals surface area contributed by atoms with E-state index >= 15 is 0 Å². The van der Waals surface area contributed by atoms with Gasteiger partial charge in [0, 0.05) is 11.6 Å². The molecule has 1 atom stereocenters. The zero-order chi connectivity index (χ0) is 20.9. The Morgan fingerprint density at radius 2 is 1.87 bits per heavy atom. The van der Waals surface area contributed by atoms with Gasteiger partial charge in [-0.3, -0.25) is 0 Å². The van der Waals surface area contributed by atoms with Gasteiger partial charge in [0.1, 0.15) is 5.75 Å². The lowest BCUT2D eigenvalue weighted by Crippen LogP contribution is -2.35. The highest BCUT2D eigenvalue weighted by atomic mass is 16.5. The molecule has 7 nitrogen and oxygen atoms in total. The van der Waals surface area contributed by atoms with Crippen LogP contribution in [0.3, 0.4) is 0 Å². The number of amides is 2. The normalized spacial score (nSPS) is 14.4. The van der Waals surface area contributed by atoms with Gasteiger partial charge in [0.2, 0.25) is 11.7 Å². The van der Waals surface area contributed by atoms with Crippen LogP contribution in [0.15, 0.2) is 59.1 Å². The summed E-state index contributed by atoms with van der Waals surface area (Å²) < 4.78 is 10.9. The topological polar surface area (TPSA) is 89.3 Å². The molecule has 2 aromatic carbocycles. The van der Waals surface area contributed by atoms with Gasteiger partial charge in [-0.25, -0.2) is 4.79 Å². The fourth-order valence-corrected chi connectivity index (χ4v) is 3.21. The molecule has 1 unspecified atom stereocenters. The van der Waals surface area contributed by atoms with Gasteiger partial charge in [-0.2, -0.15) is 4.98 Å². The highest BCUT2D eigenvalue weighted by Gasteiger charge is 2.29. The molecule has 30 heavy (non-hydrogen) atoms. The van der Waals surface area contributed by atoms with Gasteiger partial charge in [-0.15, -0.1) is 0 Å². The van der Waals surface area contributed by atoms with Gasteiger partial charge in [0.25, 0.3) is 0 Å². The van der Waals surface area contributed by atoms with E-state index in [0.717, 1.165) is 18.4 Å². The molecule has 2 amide bonds. The lowest BCUT2D eigenvalue weighted by molar-refractivity contribution is 0.244. The van der Waals surface area contributed by atoms with E-state index in [1.807, 2.05) is 30.3 Å². The molecule has 0 bridgehead atoms. The van der Waals surface area contributed by atoms with Crippen LogP contribution in [-0.4, -0.2) is 16.2 Å². The number of benzene rings is 2. The first-order valence-corrected chi connectivity index (χ1v) is 10.3. The van der Waals surface area contributed by atoms with Crippen LogP contribution in [0.2, 0.25) is 0 Å². The number of rotatable bonds is 8. The number of urea groups is 1. The number of anilines is 1. The molecule has 1 fully saturated rings. The average Bonchev–Trinajstić information content (AvgIpc) is 3.50. The first kappa shape index (κ1) is 19.9. The maximum atomic E-state index is 12.5. The monoisotopic (exact) mass is 406 g/mol. The van der Waals surface area contributed by atoms with E-state index in [1.165, 1.54) is 0 Å². The molecule has 1 heterocycles. The van der Waals surface area contributed by atoms with Crippen molar-refractivity contribution in [3.8, 4) is 5.75 Å². The molecular formula is C23H26N4O3. The molecule has 3 aromatic rings. The molecule has 1 aromatic heterocycles. The number of nitrogens with one attached hydrogen (secondary N) is 2. The van der Waals surface area contributed by atoms with E-state index in [-0.39, 0.29) is 24.6 Å². The highest BCUT2D eigenvalue weighted by molar-refractivity contribution is 5.89. The van der Waals surface area contributed by atoms with Crippen LogP contribution in [0.1, 0.15) is 55.9 Å². The van der Waals surface area contributed by atoms with Gasteiger partial charge in [-0.1, -0.05) is 49.3 Å². The van der Waals surface area contributed by atoms with E-state index in [9.17, 15) is 4.79 Å². The van der Waals surface area contributed by atoms with Crippen molar-refractivity contribution >= 4 is 11.7 Å². The molecule has 4 rings (SSSR count). The van der Waals surface area contributed by atoms with Crippen LogP contribution in [-0.2, 0) is 6.61 Å². The number of nitrogens with zero attached hydrogens (tertiary/aromatic N) is 2. The lowest BCUT2D eigenvalue weighted by atomic mass is 9.96. The highest BCUT2D eigenvalue weighted by Crippen LogP contribution is 2.38. The van der Waals surface area contributed by atoms with E-state index in [4.69, 9.17) is 9.26 Å². The predicted molar refractivity (Wildman–Crippen MR) is 113 cm³/mol. The third kappa shape index (κ3) is 5.17. The molecule has 0 spiro atoms. The molecule has 7 heteroatoms. The summed E-state index contributed by atoms with van der Waals surface area (Å²) in [7, 11) is 0. The Morgan fingerprint density at radius 1 is 1.13 bits per heavy atom. The van der Waals surface area contributed by atoms with E-state index < -0.39 is 0 Å². The standard InChI is InChI=1S/C23H26N4O3/c1-15(2)21(16-6-4-3-5-7-16)26-23(28)24-18-10-12-19(13-11-18)29-14-20-25-22(30-27-20)17-8-9-17/h3-7,10-13,15,17,21H,8-9,14H2,1-2H3,(H2,24,26,28). The minimum Gasteiger partial charge on any atom is -0.485 e. The smallest absolute Gasteiger partial charge is 0.319 e. The summed E-state index contributed by atoms with van der Waals surface area (Å²) in [6.45, 7) is 4.42. The van der Waals surface area contributed by atoms with E-state index in [2.05, 4.69) is 34.6 Å². The Balaban J connectivity index is 1.29. The Hall–Kier alpha value is -3.35. The van der Waals surface area contributed by atoms with Crippen LogP contribution in [0, 0.1) is 5.92 Å². The second kappa shape index (κ2) is 8.98. The molecule has 1 saturated carbocycles. The zero-order valence-electron chi connectivity index (χ0n) is 17.2. The maximum absolute atomic E-state index is 12.5. The number of ether oxygens (including phenoxy) is 1. The van der Waals surface area contributed by atoms with Crippen molar-refractivity contribution in [2.24, 2.45) is 5.92 Å². The van der Waals surface area contributed by atoms with Crippen molar-refractivity contribution in [1.82, 2.24) is 15.5 Å². The molecule has 0 radical (unpaired) electrons. The quantitative estimate of drug-likeness (QED) is 0.547. The largest absolute Gasteiger partial charge is 0.485 e. The summed E-state index contributed by atoms with van der Waals surface area (Å²) in [4.78, 5) is 16.8. The number of carbonyl (C=O) groups excluding carboxylic acids is 1. The molecular weight excluding hydrogens is 380 g/mol. The first-order chi connectivity index (χ1) is 14.6. The van der Waals surface area contributed by atoms with Crippen molar-refractivity contribution in [1.29, 1.82) is 0 Å². The Kier molecular flexibility index (Phi) is 5.97. The Bertz CT molecular complexity index is 966. The van der Waals surface area contributed by atoms with Gasteiger partial charge in [0.05, 0.1) is 6.04 Å². The maximum Gasteiger partial charge on any atom is 0.319 e. The lowest BCUT2D eigenvalue weighted by Gasteiger charge is -2.23. The van der Waals surface area contributed by atoms with Crippen molar-refractivity contribution in [3.63, 3.8) is 0 Å². The van der Waals surface area contributed by atoms with Crippen molar-refractivity contribution in [3.05, 3.63) is 71.9 Å². The fourth-order valence-electron chi connectivity index (χ4n) is 3.21. The Morgan fingerprint density at radius 3 is 2.53 bits per heavy atom. The van der Waals surface area contributed by atoms with Crippen LogP contribution in [0.25, 0.3) is 0 Å². The van der Waals surface area contributed by atoms with Crippen molar-refractivity contribution in [2.75, 3.05) is 5.32 Å². The summed E-state index contributed by atoms with van der Waals surface area (Å²) in [6.07, 6.45) is 2.24. The summed E-state index contributed by atoms with van der Waals surface area (Å²) >= 11 is 0. The van der Waals surface area contributed by atoms with Crippen LogP contribution in [0.5, 0.6) is 5.75 Å². The van der Waals surface area contributed by atoms with Gasteiger partial charge < -0.3 is 19.9 Å². The van der Waals surface area contributed by atoms with Crippen LogP contribution in [0.4, 0.5) is 10.5 Å². The molecule has 1 aliphatic rings. The molecule has 0 aliphatic heterocycles. The predicted octanol–water partition coefficient (Wildman–Crippen LogP) is 5.04. The van der Waals surface area contributed by atoms with Crippen molar-refractivity contribution in [2.45, 2.75) is 45.3 Å². The van der Waals surface area contributed by atoms with Crippen LogP contribution >= 0.6 is 0 Å². The molecule has 0 saturated heterocycles. The molecule has 1 aliphatic carbocycles. The molecule has 156 valence electrons. The van der Waals surface area contributed by atoms with Gasteiger partial charge >= 0.3 is 6.03 Å². The SMILES string of the molecule is CC(C)C(NC(=O)Nc1ccc(OCc2noc(C3CC3)n2)cc1)c1ccccc1. The average molecular weight is 406 g/mol. The number of aromatic nitrogens is 2. The number of hydrogen-bond acceptors (Lipinski definition) is 5. The van der Waals surface area contributed by atoms with Crippen LogP contribution < -0.4 is 15.4 Å². The summed E-state index contributed by atoms with van der Waals surface area (Å²) in [6, 6.07) is 16.9.